The van der Waals surface area contributed by atoms with E-state index < -0.39 is 0 Å². The molecule has 2 aromatic rings. The molecule has 1 amide bonds. The number of carbonyl (C=O) groups excluding carboxylic acids is 1. The maximum Gasteiger partial charge on any atom is 0.291 e. The minimum absolute atomic E-state index is 0.157. The predicted molar refractivity (Wildman–Crippen MR) is 74.4 cm³/mol. The van der Waals surface area contributed by atoms with Gasteiger partial charge in [0.05, 0.1) is 0 Å². The molecule has 0 unspecified atom stereocenters. The molecule has 0 atom stereocenters. The van der Waals surface area contributed by atoms with E-state index in [1.165, 1.54) is 0 Å². The van der Waals surface area contributed by atoms with Crippen molar-refractivity contribution in [3.63, 3.8) is 0 Å². The Morgan fingerprint density at radius 2 is 2.14 bits per heavy atom. The van der Waals surface area contributed by atoms with Gasteiger partial charge in [0, 0.05) is 13.0 Å². The molecule has 0 fully saturated rings. The molecule has 0 radical (unpaired) electrons. The highest BCUT2D eigenvalue weighted by Gasteiger charge is 2.14. The van der Waals surface area contributed by atoms with Crippen molar-refractivity contribution < 1.29 is 14.3 Å². The number of hydrogen-bond donors (Lipinski definition) is 2. The first kappa shape index (κ1) is 13.4. The third-order valence-corrected chi connectivity index (χ3v) is 3.13. The lowest BCUT2D eigenvalue weighted by atomic mass is 10.2. The maximum absolute atomic E-state index is 11.9. The van der Waals surface area contributed by atoms with Crippen LogP contribution >= 0.6 is 0 Å². The van der Waals surface area contributed by atoms with Gasteiger partial charge in [-0.25, -0.2) is 4.98 Å². The summed E-state index contributed by atoms with van der Waals surface area (Å²) in [6.07, 6.45) is 0.711. The highest BCUT2D eigenvalue weighted by atomic mass is 16.6. The number of aromatic nitrogens is 3. The molecule has 3 rings (SSSR count). The third kappa shape index (κ3) is 2.96. The fourth-order valence-corrected chi connectivity index (χ4v) is 2.01. The van der Waals surface area contributed by atoms with Crippen LogP contribution in [0.5, 0.6) is 11.5 Å². The molecular weight excluding hydrogens is 272 g/mol. The third-order valence-electron chi connectivity index (χ3n) is 3.13. The summed E-state index contributed by atoms with van der Waals surface area (Å²) in [5.74, 6) is 1.99. The van der Waals surface area contributed by atoms with Gasteiger partial charge in [-0.05, 0) is 17.7 Å². The highest BCUT2D eigenvalue weighted by molar-refractivity contribution is 5.90. The molecule has 7 heteroatoms. The second-order valence-electron chi connectivity index (χ2n) is 4.62. The van der Waals surface area contributed by atoms with E-state index in [1.54, 1.807) is 0 Å². The second kappa shape index (κ2) is 5.82. The molecular formula is C14H16N4O3. The molecule has 1 aromatic carbocycles. The number of amides is 1. The SMILES string of the molecule is CCc1nc(C(=O)NCc2ccc3c(c2)OCCO3)n[nH]1. The van der Waals surface area contributed by atoms with Crippen molar-refractivity contribution >= 4 is 5.91 Å². The van der Waals surface area contributed by atoms with E-state index >= 15 is 0 Å². The Labute approximate surface area is 121 Å². The van der Waals surface area contributed by atoms with Gasteiger partial charge >= 0.3 is 0 Å². The van der Waals surface area contributed by atoms with Gasteiger partial charge in [-0.2, -0.15) is 0 Å². The number of benzene rings is 1. The van der Waals surface area contributed by atoms with E-state index in [2.05, 4.69) is 20.5 Å². The number of carbonyl (C=O) groups is 1. The first-order chi connectivity index (χ1) is 10.3. The van der Waals surface area contributed by atoms with Crippen LogP contribution in [-0.2, 0) is 13.0 Å². The molecule has 1 aliphatic rings. The van der Waals surface area contributed by atoms with Crippen molar-refractivity contribution in [1.29, 1.82) is 0 Å². The molecule has 110 valence electrons. The van der Waals surface area contributed by atoms with Crippen LogP contribution in [0, 0.1) is 0 Å². The smallest absolute Gasteiger partial charge is 0.291 e. The summed E-state index contributed by atoms with van der Waals surface area (Å²) < 4.78 is 11.0. The highest BCUT2D eigenvalue weighted by Crippen LogP contribution is 2.30. The average molecular weight is 288 g/mol. The van der Waals surface area contributed by atoms with Crippen LogP contribution in [0.4, 0.5) is 0 Å². The summed E-state index contributed by atoms with van der Waals surface area (Å²) in [5, 5.41) is 9.37. The van der Waals surface area contributed by atoms with Gasteiger partial charge in [-0.15, -0.1) is 5.10 Å². The molecule has 0 aliphatic carbocycles. The molecule has 0 spiro atoms. The number of nitrogens with one attached hydrogen (secondary N) is 2. The molecule has 21 heavy (non-hydrogen) atoms. The lowest BCUT2D eigenvalue weighted by Crippen LogP contribution is -2.24. The number of H-pyrrole nitrogens is 1. The van der Waals surface area contributed by atoms with Crippen molar-refractivity contribution in [2.24, 2.45) is 0 Å². The number of hydrogen-bond acceptors (Lipinski definition) is 5. The van der Waals surface area contributed by atoms with Crippen LogP contribution in [0.25, 0.3) is 0 Å². The Morgan fingerprint density at radius 3 is 2.90 bits per heavy atom. The summed E-state index contributed by atoms with van der Waals surface area (Å²) in [6, 6.07) is 5.60. The van der Waals surface area contributed by atoms with Crippen molar-refractivity contribution in [3.05, 3.63) is 35.4 Å². The van der Waals surface area contributed by atoms with Crippen LogP contribution in [0.1, 0.15) is 28.9 Å². The Balaban J connectivity index is 1.63. The number of ether oxygens (including phenoxy) is 2. The molecule has 2 heterocycles. The molecule has 0 saturated carbocycles. The van der Waals surface area contributed by atoms with Crippen molar-refractivity contribution in [2.75, 3.05) is 13.2 Å². The normalized spacial score (nSPS) is 13.0. The summed E-state index contributed by atoms with van der Waals surface area (Å²) >= 11 is 0. The molecule has 0 bridgehead atoms. The number of fused-ring (bicyclic) bond motifs is 1. The summed E-state index contributed by atoms with van der Waals surface area (Å²) in [7, 11) is 0. The second-order valence-corrected chi connectivity index (χ2v) is 4.62. The molecule has 7 nitrogen and oxygen atoms in total. The van der Waals surface area contributed by atoms with Crippen molar-refractivity contribution in [2.45, 2.75) is 19.9 Å². The Hall–Kier alpha value is -2.57. The minimum Gasteiger partial charge on any atom is -0.486 e. The monoisotopic (exact) mass is 288 g/mol. The van der Waals surface area contributed by atoms with E-state index in [0.717, 1.165) is 11.3 Å². The lowest BCUT2D eigenvalue weighted by Gasteiger charge is -2.18. The fraction of sp³-hybridized carbons (Fsp3) is 0.357. The van der Waals surface area contributed by atoms with Crippen LogP contribution in [0.15, 0.2) is 18.2 Å². The van der Waals surface area contributed by atoms with Crippen LogP contribution in [0.2, 0.25) is 0 Å². The quantitative estimate of drug-likeness (QED) is 0.878. The Bertz CT molecular complexity index is 653. The lowest BCUT2D eigenvalue weighted by molar-refractivity contribution is 0.0940. The summed E-state index contributed by atoms with van der Waals surface area (Å²) in [6.45, 7) is 3.43. The number of nitrogens with zero attached hydrogens (tertiary/aromatic N) is 2. The van der Waals surface area contributed by atoms with Crippen LogP contribution in [0.3, 0.4) is 0 Å². The number of aromatic amines is 1. The zero-order valence-electron chi connectivity index (χ0n) is 11.7. The number of aryl methyl sites for hydroxylation is 1. The van der Waals surface area contributed by atoms with Gasteiger partial charge in [0.15, 0.2) is 11.5 Å². The fourth-order valence-electron chi connectivity index (χ4n) is 2.01. The Kier molecular flexibility index (Phi) is 3.72. The topological polar surface area (TPSA) is 89.1 Å². The number of rotatable bonds is 4. The average Bonchev–Trinajstić information content (AvgIpc) is 3.01. The van der Waals surface area contributed by atoms with Gasteiger partial charge < -0.3 is 14.8 Å². The van der Waals surface area contributed by atoms with E-state index in [4.69, 9.17) is 9.47 Å². The summed E-state index contributed by atoms with van der Waals surface area (Å²) in [4.78, 5) is 16.0. The standard InChI is InChI=1S/C14H16N4O3/c1-2-12-16-13(18-17-12)14(19)15-8-9-3-4-10-11(7-9)21-6-5-20-10/h3-4,7H,2,5-6,8H2,1H3,(H,15,19)(H,16,17,18). The summed E-state index contributed by atoms with van der Waals surface area (Å²) in [5.41, 5.74) is 0.929. The van der Waals surface area contributed by atoms with E-state index in [1.807, 2.05) is 25.1 Å². The largest absolute Gasteiger partial charge is 0.486 e. The maximum atomic E-state index is 11.9. The van der Waals surface area contributed by atoms with Crippen molar-refractivity contribution in [3.8, 4) is 11.5 Å². The van der Waals surface area contributed by atoms with E-state index in [9.17, 15) is 4.79 Å². The van der Waals surface area contributed by atoms with Crippen LogP contribution < -0.4 is 14.8 Å². The van der Waals surface area contributed by atoms with Crippen molar-refractivity contribution in [1.82, 2.24) is 20.5 Å². The molecule has 2 N–H and O–H groups in total. The first-order valence-corrected chi connectivity index (χ1v) is 6.84. The zero-order valence-corrected chi connectivity index (χ0v) is 11.7. The molecule has 0 saturated heterocycles. The van der Waals surface area contributed by atoms with Gasteiger partial charge in [-0.3, -0.25) is 9.89 Å². The Morgan fingerprint density at radius 1 is 1.33 bits per heavy atom. The van der Waals surface area contributed by atoms with Gasteiger partial charge in [0.1, 0.15) is 19.0 Å². The van der Waals surface area contributed by atoms with Gasteiger partial charge in [0.25, 0.3) is 5.91 Å². The van der Waals surface area contributed by atoms with Gasteiger partial charge in [0.2, 0.25) is 5.82 Å². The van der Waals surface area contributed by atoms with Gasteiger partial charge in [-0.1, -0.05) is 13.0 Å². The van der Waals surface area contributed by atoms with Crippen LogP contribution in [-0.4, -0.2) is 34.3 Å². The minimum atomic E-state index is -0.305. The van der Waals surface area contributed by atoms with E-state index in [-0.39, 0.29) is 11.7 Å². The first-order valence-electron chi connectivity index (χ1n) is 6.84. The molecule has 1 aromatic heterocycles. The van der Waals surface area contributed by atoms with E-state index in [0.29, 0.717) is 37.8 Å². The zero-order chi connectivity index (χ0) is 14.7. The molecule has 1 aliphatic heterocycles. The predicted octanol–water partition coefficient (Wildman–Crippen LogP) is 1.07.